The molecule has 1 aromatic rings. The van der Waals surface area contributed by atoms with Gasteiger partial charge in [-0.1, -0.05) is 22.0 Å². The molecule has 0 aliphatic heterocycles. The van der Waals surface area contributed by atoms with Crippen LogP contribution < -0.4 is 15.4 Å². The Balaban J connectivity index is 2.22. The highest BCUT2D eigenvalue weighted by molar-refractivity contribution is 9.10. The number of ether oxygens (including phenoxy) is 2. The van der Waals surface area contributed by atoms with E-state index in [4.69, 9.17) is 9.47 Å². The molecular weight excluding hydrogens is 324 g/mol. The summed E-state index contributed by atoms with van der Waals surface area (Å²) in [5.41, 5.74) is 0. The van der Waals surface area contributed by atoms with E-state index in [9.17, 15) is 4.79 Å². The maximum Gasteiger partial charge on any atom is 0.260 e. The molecule has 0 aromatic heterocycles. The lowest BCUT2D eigenvalue weighted by atomic mass is 10.3. The number of benzene rings is 1. The molecule has 0 saturated heterocycles. The average molecular weight is 345 g/mol. The zero-order chi connectivity index (χ0) is 14.8. The highest BCUT2D eigenvalue weighted by Gasteiger charge is 2.13. The molecule has 2 N–H and O–H groups in total. The van der Waals surface area contributed by atoms with Gasteiger partial charge in [0.15, 0.2) is 6.10 Å². The second kappa shape index (κ2) is 9.74. The summed E-state index contributed by atoms with van der Waals surface area (Å²) in [4.78, 5) is 11.8. The van der Waals surface area contributed by atoms with Crippen LogP contribution in [0, 0.1) is 0 Å². The van der Waals surface area contributed by atoms with E-state index < -0.39 is 6.10 Å². The topological polar surface area (TPSA) is 59.6 Å². The number of amides is 1. The molecule has 112 valence electrons. The van der Waals surface area contributed by atoms with Crippen LogP contribution in [0.2, 0.25) is 0 Å². The van der Waals surface area contributed by atoms with Gasteiger partial charge < -0.3 is 20.1 Å². The quantitative estimate of drug-likeness (QED) is 0.667. The molecule has 0 saturated carbocycles. The predicted octanol–water partition coefficient (Wildman–Crippen LogP) is 1.57. The lowest BCUT2D eigenvalue weighted by Gasteiger charge is -2.15. The summed E-state index contributed by atoms with van der Waals surface area (Å²) in [5.74, 6) is 0.541. The second-order valence-corrected chi connectivity index (χ2v) is 5.17. The van der Waals surface area contributed by atoms with Crippen molar-refractivity contribution in [2.45, 2.75) is 13.0 Å². The molecule has 0 spiro atoms. The van der Waals surface area contributed by atoms with E-state index in [0.29, 0.717) is 25.4 Å². The number of carbonyl (C=O) groups excluding carboxylic acids is 1. The fourth-order valence-electron chi connectivity index (χ4n) is 1.51. The third kappa shape index (κ3) is 6.88. The van der Waals surface area contributed by atoms with Gasteiger partial charge in [0, 0.05) is 31.2 Å². The molecule has 20 heavy (non-hydrogen) atoms. The molecule has 1 rings (SSSR count). The molecule has 0 aliphatic carbocycles. The molecule has 1 unspecified atom stereocenters. The minimum Gasteiger partial charge on any atom is -0.481 e. The summed E-state index contributed by atoms with van der Waals surface area (Å²) < 4.78 is 11.4. The fraction of sp³-hybridized carbons (Fsp3) is 0.500. The van der Waals surface area contributed by atoms with Crippen LogP contribution in [0.4, 0.5) is 0 Å². The zero-order valence-corrected chi connectivity index (χ0v) is 13.4. The Kier molecular flexibility index (Phi) is 8.25. The molecule has 0 fully saturated rings. The Morgan fingerprint density at radius 1 is 1.35 bits per heavy atom. The van der Waals surface area contributed by atoms with Crippen LogP contribution in [0.5, 0.6) is 5.75 Å². The summed E-state index contributed by atoms with van der Waals surface area (Å²) in [5, 5.41) is 5.97. The van der Waals surface area contributed by atoms with Gasteiger partial charge in [0.05, 0.1) is 6.61 Å². The zero-order valence-electron chi connectivity index (χ0n) is 11.8. The van der Waals surface area contributed by atoms with Gasteiger partial charge in [0.1, 0.15) is 5.75 Å². The number of methoxy groups -OCH3 is 1. The van der Waals surface area contributed by atoms with Crippen LogP contribution in [-0.4, -0.2) is 45.4 Å². The third-order valence-electron chi connectivity index (χ3n) is 2.56. The van der Waals surface area contributed by atoms with Gasteiger partial charge in [-0.2, -0.15) is 0 Å². The van der Waals surface area contributed by atoms with Crippen molar-refractivity contribution in [1.29, 1.82) is 0 Å². The molecule has 6 heteroatoms. The van der Waals surface area contributed by atoms with Crippen LogP contribution in [0.15, 0.2) is 28.7 Å². The highest BCUT2D eigenvalue weighted by atomic mass is 79.9. The minimum absolute atomic E-state index is 0.126. The van der Waals surface area contributed by atoms with Crippen LogP contribution >= 0.6 is 15.9 Å². The van der Waals surface area contributed by atoms with Crippen molar-refractivity contribution in [2.24, 2.45) is 0 Å². The van der Waals surface area contributed by atoms with Gasteiger partial charge in [-0.25, -0.2) is 0 Å². The van der Waals surface area contributed by atoms with Crippen molar-refractivity contribution in [3.63, 3.8) is 0 Å². The van der Waals surface area contributed by atoms with E-state index in [1.165, 1.54) is 0 Å². The van der Waals surface area contributed by atoms with Gasteiger partial charge in [0.25, 0.3) is 5.91 Å². The Labute approximate surface area is 128 Å². The molecule has 0 heterocycles. The Hall–Kier alpha value is -1.11. The molecule has 0 radical (unpaired) electrons. The third-order valence-corrected chi connectivity index (χ3v) is 3.06. The van der Waals surface area contributed by atoms with Crippen molar-refractivity contribution in [1.82, 2.24) is 10.6 Å². The predicted molar refractivity (Wildman–Crippen MR) is 82.0 cm³/mol. The number of hydrogen-bond donors (Lipinski definition) is 2. The van der Waals surface area contributed by atoms with E-state index in [1.807, 2.05) is 24.3 Å². The lowest BCUT2D eigenvalue weighted by Crippen LogP contribution is -2.40. The van der Waals surface area contributed by atoms with Crippen LogP contribution in [0.25, 0.3) is 0 Å². The van der Waals surface area contributed by atoms with E-state index in [-0.39, 0.29) is 5.91 Å². The smallest absolute Gasteiger partial charge is 0.260 e. The molecule has 5 nitrogen and oxygen atoms in total. The van der Waals surface area contributed by atoms with Gasteiger partial charge in [-0.05, 0) is 25.1 Å². The van der Waals surface area contributed by atoms with Crippen molar-refractivity contribution < 1.29 is 14.3 Å². The van der Waals surface area contributed by atoms with Gasteiger partial charge in [-0.15, -0.1) is 0 Å². The first-order valence-electron chi connectivity index (χ1n) is 6.53. The molecule has 1 atom stereocenters. The number of hydrogen-bond acceptors (Lipinski definition) is 4. The van der Waals surface area contributed by atoms with Gasteiger partial charge in [-0.3, -0.25) is 4.79 Å². The molecular formula is C14H21BrN2O3. The van der Waals surface area contributed by atoms with Crippen LogP contribution in [-0.2, 0) is 9.53 Å². The highest BCUT2D eigenvalue weighted by Crippen LogP contribution is 2.18. The second-order valence-electron chi connectivity index (χ2n) is 4.25. The fourth-order valence-corrected chi connectivity index (χ4v) is 1.89. The SMILES string of the molecule is COCCNCCNC(=O)C(C)Oc1cccc(Br)c1. The number of rotatable bonds is 9. The van der Waals surface area contributed by atoms with Gasteiger partial charge >= 0.3 is 0 Å². The van der Waals surface area contributed by atoms with Gasteiger partial charge in [0.2, 0.25) is 0 Å². The standard InChI is InChI=1S/C14H21BrN2O3/c1-11(20-13-5-3-4-12(15)10-13)14(18)17-7-6-16-8-9-19-2/h3-5,10-11,16H,6-9H2,1-2H3,(H,17,18). The summed E-state index contributed by atoms with van der Waals surface area (Å²) in [6, 6.07) is 7.42. The lowest BCUT2D eigenvalue weighted by molar-refractivity contribution is -0.127. The van der Waals surface area contributed by atoms with Crippen molar-refractivity contribution in [3.05, 3.63) is 28.7 Å². The Morgan fingerprint density at radius 2 is 2.15 bits per heavy atom. The summed E-state index contributed by atoms with van der Waals surface area (Å²) in [6.45, 7) is 4.44. The Bertz CT molecular complexity index is 415. The molecule has 1 amide bonds. The monoisotopic (exact) mass is 344 g/mol. The number of nitrogens with one attached hydrogen (secondary N) is 2. The first-order chi connectivity index (χ1) is 9.63. The normalized spacial score (nSPS) is 11.9. The van der Waals surface area contributed by atoms with E-state index >= 15 is 0 Å². The van der Waals surface area contributed by atoms with E-state index in [1.54, 1.807) is 14.0 Å². The maximum atomic E-state index is 11.8. The first-order valence-corrected chi connectivity index (χ1v) is 7.32. The first kappa shape index (κ1) is 16.9. The van der Waals surface area contributed by atoms with Crippen molar-refractivity contribution in [2.75, 3.05) is 33.4 Å². The van der Waals surface area contributed by atoms with Crippen LogP contribution in [0.1, 0.15) is 6.92 Å². The minimum atomic E-state index is -0.525. The maximum absolute atomic E-state index is 11.8. The van der Waals surface area contributed by atoms with Crippen molar-refractivity contribution >= 4 is 21.8 Å². The average Bonchev–Trinajstić information content (AvgIpc) is 2.42. The number of halogens is 1. The Morgan fingerprint density at radius 3 is 2.85 bits per heavy atom. The summed E-state index contributed by atoms with van der Waals surface area (Å²) >= 11 is 3.36. The van der Waals surface area contributed by atoms with E-state index in [0.717, 1.165) is 11.0 Å². The van der Waals surface area contributed by atoms with Crippen LogP contribution in [0.3, 0.4) is 0 Å². The van der Waals surface area contributed by atoms with Crippen molar-refractivity contribution in [3.8, 4) is 5.75 Å². The molecule has 0 aliphatic rings. The number of carbonyl (C=O) groups is 1. The summed E-state index contributed by atoms with van der Waals surface area (Å²) in [7, 11) is 1.66. The summed E-state index contributed by atoms with van der Waals surface area (Å²) in [6.07, 6.45) is -0.525. The van der Waals surface area contributed by atoms with E-state index in [2.05, 4.69) is 26.6 Å². The largest absolute Gasteiger partial charge is 0.481 e. The molecule has 0 bridgehead atoms. The molecule has 1 aromatic carbocycles.